The Labute approximate surface area is 94.8 Å². The summed E-state index contributed by atoms with van der Waals surface area (Å²) in [4.78, 5) is 6.74. The van der Waals surface area contributed by atoms with E-state index in [9.17, 15) is 0 Å². The van der Waals surface area contributed by atoms with Gasteiger partial charge in [0.05, 0.1) is 19.3 Å². The van der Waals surface area contributed by atoms with Crippen LogP contribution in [-0.4, -0.2) is 40.8 Å². The van der Waals surface area contributed by atoms with Crippen LogP contribution in [0.2, 0.25) is 0 Å². The lowest BCUT2D eigenvalue weighted by Gasteiger charge is -2.29. The molecule has 5 heteroatoms. The molecule has 2 fully saturated rings. The first kappa shape index (κ1) is 10.2. The lowest BCUT2D eigenvalue weighted by Crippen LogP contribution is -2.40. The Kier molecular flexibility index (Phi) is 2.65. The predicted molar refractivity (Wildman–Crippen MR) is 57.0 cm³/mol. The maximum Gasteiger partial charge on any atom is 0.240 e. The number of morpholine rings is 1. The molecule has 0 spiro atoms. The number of hydrogen-bond donors (Lipinski definition) is 0. The Morgan fingerprint density at radius 2 is 2.31 bits per heavy atom. The fourth-order valence-electron chi connectivity index (χ4n) is 2.07. The van der Waals surface area contributed by atoms with Crippen LogP contribution in [0, 0.1) is 0 Å². The van der Waals surface area contributed by atoms with Gasteiger partial charge >= 0.3 is 0 Å². The second-order valence-electron chi connectivity index (χ2n) is 4.74. The fraction of sp³-hybridized carbons (Fsp3) is 0.818. The van der Waals surface area contributed by atoms with Gasteiger partial charge in [0, 0.05) is 19.0 Å². The molecule has 0 unspecified atom stereocenters. The second-order valence-corrected chi connectivity index (χ2v) is 4.74. The van der Waals surface area contributed by atoms with E-state index in [0.717, 1.165) is 38.0 Å². The molecular formula is C11H17N3O2. The molecule has 0 radical (unpaired) electrons. The van der Waals surface area contributed by atoms with Gasteiger partial charge in [0.15, 0.2) is 5.82 Å². The van der Waals surface area contributed by atoms with Crippen molar-refractivity contribution in [3.63, 3.8) is 0 Å². The van der Waals surface area contributed by atoms with Crippen LogP contribution in [0.4, 0.5) is 0 Å². The molecule has 1 saturated heterocycles. The Balaban J connectivity index is 1.59. The number of nitrogens with zero attached hydrogens (tertiary/aromatic N) is 3. The normalized spacial score (nSPS) is 27.2. The van der Waals surface area contributed by atoms with Crippen molar-refractivity contribution >= 4 is 0 Å². The third kappa shape index (κ3) is 2.25. The van der Waals surface area contributed by atoms with Crippen LogP contribution < -0.4 is 0 Å². The van der Waals surface area contributed by atoms with Crippen LogP contribution in [-0.2, 0) is 11.3 Å². The van der Waals surface area contributed by atoms with Gasteiger partial charge in [0.1, 0.15) is 0 Å². The Bertz CT molecular complexity index is 362. The van der Waals surface area contributed by atoms with E-state index >= 15 is 0 Å². The van der Waals surface area contributed by atoms with Crippen molar-refractivity contribution in [2.24, 2.45) is 0 Å². The molecule has 1 aliphatic carbocycles. The van der Waals surface area contributed by atoms with Crippen molar-refractivity contribution in [1.29, 1.82) is 0 Å². The van der Waals surface area contributed by atoms with Crippen molar-refractivity contribution in [2.75, 3.05) is 19.7 Å². The molecule has 88 valence electrons. The summed E-state index contributed by atoms with van der Waals surface area (Å²) in [6.45, 7) is 5.54. The zero-order valence-corrected chi connectivity index (χ0v) is 9.56. The maximum absolute atomic E-state index is 5.49. The first-order chi connectivity index (χ1) is 7.81. The van der Waals surface area contributed by atoms with Crippen LogP contribution in [0.1, 0.15) is 37.4 Å². The van der Waals surface area contributed by atoms with Gasteiger partial charge in [-0.25, -0.2) is 0 Å². The summed E-state index contributed by atoms with van der Waals surface area (Å²) < 4.78 is 10.8. The monoisotopic (exact) mass is 223 g/mol. The predicted octanol–water partition coefficient (Wildman–Crippen LogP) is 1.17. The average Bonchev–Trinajstić information content (AvgIpc) is 3.01. The number of hydrogen-bond acceptors (Lipinski definition) is 5. The van der Waals surface area contributed by atoms with Crippen LogP contribution in [0.15, 0.2) is 4.52 Å². The average molecular weight is 223 g/mol. The third-order valence-corrected chi connectivity index (χ3v) is 3.11. The lowest BCUT2D eigenvalue weighted by atomic mass is 10.3. The second kappa shape index (κ2) is 4.14. The summed E-state index contributed by atoms with van der Waals surface area (Å²) in [6, 6.07) is 0. The van der Waals surface area contributed by atoms with Crippen molar-refractivity contribution in [3.8, 4) is 0 Å². The molecule has 1 aromatic rings. The molecule has 3 rings (SSSR count). The van der Waals surface area contributed by atoms with Gasteiger partial charge in [-0.15, -0.1) is 0 Å². The van der Waals surface area contributed by atoms with E-state index in [-0.39, 0.29) is 0 Å². The molecule has 2 aliphatic rings. The van der Waals surface area contributed by atoms with E-state index in [1.807, 2.05) is 0 Å². The van der Waals surface area contributed by atoms with Gasteiger partial charge < -0.3 is 9.26 Å². The first-order valence-corrected chi connectivity index (χ1v) is 5.97. The van der Waals surface area contributed by atoms with Crippen LogP contribution in [0.5, 0.6) is 0 Å². The molecule has 1 atom stereocenters. The van der Waals surface area contributed by atoms with Crippen LogP contribution in [0.3, 0.4) is 0 Å². The van der Waals surface area contributed by atoms with E-state index in [2.05, 4.69) is 22.0 Å². The van der Waals surface area contributed by atoms with E-state index in [1.54, 1.807) is 0 Å². The summed E-state index contributed by atoms with van der Waals surface area (Å²) in [5, 5.41) is 4.02. The molecule has 0 amide bonds. The zero-order valence-electron chi connectivity index (χ0n) is 9.56. The Hall–Kier alpha value is -0.940. The molecule has 1 saturated carbocycles. The van der Waals surface area contributed by atoms with Gasteiger partial charge in [0.2, 0.25) is 5.89 Å². The summed E-state index contributed by atoms with van der Waals surface area (Å²) in [5.74, 6) is 2.22. The van der Waals surface area contributed by atoms with Crippen molar-refractivity contribution < 1.29 is 9.26 Å². The molecule has 5 nitrogen and oxygen atoms in total. The molecule has 0 N–H and O–H groups in total. The lowest BCUT2D eigenvalue weighted by molar-refractivity contribution is -0.0240. The smallest absolute Gasteiger partial charge is 0.240 e. The van der Waals surface area contributed by atoms with Gasteiger partial charge in [-0.1, -0.05) is 5.16 Å². The fourth-order valence-corrected chi connectivity index (χ4v) is 2.07. The quantitative estimate of drug-likeness (QED) is 0.769. The SMILES string of the molecule is C[C@@H]1CN(Cc2nc(C3CC3)no2)CCO1. The van der Waals surface area contributed by atoms with Gasteiger partial charge in [0.25, 0.3) is 0 Å². The summed E-state index contributed by atoms with van der Waals surface area (Å²) in [6.07, 6.45) is 2.74. The Morgan fingerprint density at radius 1 is 1.44 bits per heavy atom. The molecule has 16 heavy (non-hydrogen) atoms. The minimum atomic E-state index is 0.305. The molecule has 0 aromatic carbocycles. The van der Waals surface area contributed by atoms with Gasteiger partial charge in [-0.05, 0) is 19.8 Å². The number of ether oxygens (including phenoxy) is 1. The Morgan fingerprint density at radius 3 is 3.06 bits per heavy atom. The highest BCUT2D eigenvalue weighted by Gasteiger charge is 2.29. The summed E-state index contributed by atoms with van der Waals surface area (Å²) in [7, 11) is 0. The van der Waals surface area contributed by atoms with E-state index in [1.165, 1.54) is 12.8 Å². The minimum Gasteiger partial charge on any atom is -0.376 e. The van der Waals surface area contributed by atoms with Gasteiger partial charge in [-0.3, -0.25) is 4.90 Å². The van der Waals surface area contributed by atoms with Crippen molar-refractivity contribution in [3.05, 3.63) is 11.7 Å². The molecule has 2 heterocycles. The zero-order chi connectivity index (χ0) is 11.0. The largest absolute Gasteiger partial charge is 0.376 e. The number of rotatable bonds is 3. The number of aromatic nitrogens is 2. The summed E-state index contributed by atoms with van der Waals surface area (Å²) in [5.41, 5.74) is 0. The van der Waals surface area contributed by atoms with E-state index in [4.69, 9.17) is 9.26 Å². The molecule has 1 aliphatic heterocycles. The van der Waals surface area contributed by atoms with Crippen LogP contribution >= 0.6 is 0 Å². The highest BCUT2D eigenvalue weighted by atomic mass is 16.5. The molecule has 1 aromatic heterocycles. The topological polar surface area (TPSA) is 51.4 Å². The van der Waals surface area contributed by atoms with E-state index in [0.29, 0.717) is 12.0 Å². The van der Waals surface area contributed by atoms with Crippen molar-refractivity contribution in [2.45, 2.75) is 38.3 Å². The van der Waals surface area contributed by atoms with Gasteiger partial charge in [-0.2, -0.15) is 4.98 Å². The molecular weight excluding hydrogens is 206 g/mol. The maximum atomic E-state index is 5.49. The van der Waals surface area contributed by atoms with Crippen molar-refractivity contribution in [1.82, 2.24) is 15.0 Å². The molecule has 0 bridgehead atoms. The highest BCUT2D eigenvalue weighted by molar-refractivity contribution is 5.03. The summed E-state index contributed by atoms with van der Waals surface area (Å²) >= 11 is 0. The van der Waals surface area contributed by atoms with Crippen LogP contribution in [0.25, 0.3) is 0 Å². The van der Waals surface area contributed by atoms with E-state index < -0.39 is 0 Å². The standard InChI is InChI=1S/C11H17N3O2/c1-8-6-14(4-5-15-8)7-10-12-11(13-16-10)9-2-3-9/h8-9H,2-7H2,1H3/t8-/m1/s1. The first-order valence-electron chi connectivity index (χ1n) is 5.97. The highest BCUT2D eigenvalue weighted by Crippen LogP contribution is 2.38. The third-order valence-electron chi connectivity index (χ3n) is 3.11. The minimum absolute atomic E-state index is 0.305.